The van der Waals surface area contributed by atoms with E-state index in [1.807, 2.05) is 24.3 Å². The molecule has 0 aliphatic heterocycles. The normalized spacial score (nSPS) is 10.4. The SMILES string of the molecule is COc1ccc(NC(=O)CCNCCc2ccc(Cl)cc2)cc1OC. The molecular weight excluding hydrogens is 340 g/mol. The minimum atomic E-state index is -0.0498. The zero-order valence-electron chi connectivity index (χ0n) is 14.5. The Morgan fingerprint density at radius 1 is 1.00 bits per heavy atom. The standard InChI is InChI=1S/C19H23ClN2O3/c1-24-17-8-7-16(13-18(17)25-2)22-19(23)10-12-21-11-9-14-3-5-15(20)6-4-14/h3-8,13,21H,9-12H2,1-2H3,(H,22,23). The van der Waals surface area contributed by atoms with Gasteiger partial charge in [0.1, 0.15) is 0 Å². The summed E-state index contributed by atoms with van der Waals surface area (Å²) >= 11 is 5.86. The molecule has 2 rings (SSSR count). The molecule has 0 radical (unpaired) electrons. The van der Waals surface area contributed by atoms with Crippen LogP contribution in [0.1, 0.15) is 12.0 Å². The van der Waals surface area contributed by atoms with Crippen molar-refractivity contribution in [2.75, 3.05) is 32.6 Å². The van der Waals surface area contributed by atoms with E-state index in [0.717, 1.165) is 18.0 Å². The first-order chi connectivity index (χ1) is 12.1. The average molecular weight is 363 g/mol. The van der Waals surface area contributed by atoms with Gasteiger partial charge in [0, 0.05) is 29.7 Å². The van der Waals surface area contributed by atoms with E-state index in [1.54, 1.807) is 32.4 Å². The fourth-order valence-corrected chi connectivity index (χ4v) is 2.47. The Morgan fingerprint density at radius 2 is 1.72 bits per heavy atom. The van der Waals surface area contributed by atoms with E-state index in [2.05, 4.69) is 10.6 Å². The lowest BCUT2D eigenvalue weighted by atomic mass is 10.1. The summed E-state index contributed by atoms with van der Waals surface area (Å²) in [6.07, 6.45) is 1.30. The van der Waals surface area contributed by atoms with Gasteiger partial charge in [-0.15, -0.1) is 0 Å². The highest BCUT2D eigenvalue weighted by molar-refractivity contribution is 6.30. The molecule has 2 aromatic carbocycles. The van der Waals surface area contributed by atoms with Crippen LogP contribution < -0.4 is 20.1 Å². The fourth-order valence-electron chi connectivity index (χ4n) is 2.35. The number of nitrogens with one attached hydrogen (secondary N) is 2. The van der Waals surface area contributed by atoms with Crippen LogP contribution >= 0.6 is 11.6 Å². The Bertz CT molecular complexity index is 690. The van der Waals surface area contributed by atoms with Crippen molar-refractivity contribution in [3.05, 3.63) is 53.1 Å². The predicted molar refractivity (Wildman–Crippen MR) is 101 cm³/mol. The van der Waals surface area contributed by atoms with E-state index in [0.29, 0.717) is 30.2 Å². The molecule has 25 heavy (non-hydrogen) atoms. The molecule has 0 unspecified atom stereocenters. The number of hydrogen-bond acceptors (Lipinski definition) is 4. The topological polar surface area (TPSA) is 59.6 Å². The molecule has 2 N–H and O–H groups in total. The van der Waals surface area contributed by atoms with Crippen molar-refractivity contribution in [1.82, 2.24) is 5.32 Å². The van der Waals surface area contributed by atoms with Gasteiger partial charge in [-0.1, -0.05) is 23.7 Å². The van der Waals surface area contributed by atoms with E-state index in [1.165, 1.54) is 5.56 Å². The van der Waals surface area contributed by atoms with Gasteiger partial charge in [-0.2, -0.15) is 0 Å². The summed E-state index contributed by atoms with van der Waals surface area (Å²) < 4.78 is 10.4. The van der Waals surface area contributed by atoms with E-state index in [-0.39, 0.29) is 5.91 Å². The summed E-state index contributed by atoms with van der Waals surface area (Å²) in [4.78, 5) is 12.0. The smallest absolute Gasteiger partial charge is 0.225 e. The van der Waals surface area contributed by atoms with E-state index < -0.39 is 0 Å². The van der Waals surface area contributed by atoms with E-state index in [4.69, 9.17) is 21.1 Å². The average Bonchev–Trinajstić information content (AvgIpc) is 2.62. The molecule has 0 fully saturated rings. The van der Waals surface area contributed by atoms with Crippen LogP contribution in [0, 0.1) is 0 Å². The first-order valence-electron chi connectivity index (χ1n) is 8.09. The van der Waals surface area contributed by atoms with Gasteiger partial charge >= 0.3 is 0 Å². The van der Waals surface area contributed by atoms with Gasteiger partial charge in [0.25, 0.3) is 0 Å². The minimum absolute atomic E-state index is 0.0498. The van der Waals surface area contributed by atoms with Crippen molar-refractivity contribution in [3.63, 3.8) is 0 Å². The number of rotatable bonds is 9. The van der Waals surface area contributed by atoms with Crippen LogP contribution in [0.3, 0.4) is 0 Å². The summed E-state index contributed by atoms with van der Waals surface area (Å²) in [5, 5.41) is 6.86. The van der Waals surface area contributed by atoms with Crippen LogP contribution in [0.2, 0.25) is 5.02 Å². The zero-order chi connectivity index (χ0) is 18.1. The first-order valence-corrected chi connectivity index (χ1v) is 8.47. The van der Waals surface area contributed by atoms with Gasteiger partial charge in [-0.05, 0) is 42.8 Å². The second-order valence-electron chi connectivity index (χ2n) is 5.49. The van der Waals surface area contributed by atoms with Crippen LogP contribution in [0.5, 0.6) is 11.5 Å². The molecule has 134 valence electrons. The van der Waals surface area contributed by atoms with Crippen LogP contribution in [-0.2, 0) is 11.2 Å². The Labute approximate surface area is 153 Å². The number of halogens is 1. The molecule has 0 spiro atoms. The maximum atomic E-state index is 12.0. The lowest BCUT2D eigenvalue weighted by Crippen LogP contribution is -2.23. The maximum Gasteiger partial charge on any atom is 0.225 e. The highest BCUT2D eigenvalue weighted by atomic mass is 35.5. The van der Waals surface area contributed by atoms with Crippen LogP contribution in [0.4, 0.5) is 5.69 Å². The lowest BCUT2D eigenvalue weighted by Gasteiger charge is -2.11. The predicted octanol–water partition coefficient (Wildman–Crippen LogP) is 3.52. The molecule has 0 saturated heterocycles. The summed E-state index contributed by atoms with van der Waals surface area (Å²) in [6.45, 7) is 1.43. The molecule has 0 heterocycles. The number of carbonyl (C=O) groups is 1. The molecule has 0 atom stereocenters. The molecule has 0 saturated carbocycles. The van der Waals surface area contributed by atoms with Crippen molar-refractivity contribution in [2.45, 2.75) is 12.8 Å². The Balaban J connectivity index is 1.69. The summed E-state index contributed by atoms with van der Waals surface area (Å²) in [7, 11) is 3.14. The van der Waals surface area contributed by atoms with Gasteiger partial charge < -0.3 is 20.1 Å². The molecular formula is C19H23ClN2O3. The molecule has 0 aliphatic carbocycles. The van der Waals surface area contributed by atoms with Crippen LogP contribution in [0.15, 0.2) is 42.5 Å². The van der Waals surface area contributed by atoms with Crippen molar-refractivity contribution >= 4 is 23.2 Å². The molecule has 5 nitrogen and oxygen atoms in total. The van der Waals surface area contributed by atoms with Gasteiger partial charge in [-0.3, -0.25) is 4.79 Å². The Kier molecular flexibility index (Phi) is 7.57. The van der Waals surface area contributed by atoms with Crippen molar-refractivity contribution in [1.29, 1.82) is 0 Å². The highest BCUT2D eigenvalue weighted by Gasteiger charge is 2.07. The highest BCUT2D eigenvalue weighted by Crippen LogP contribution is 2.29. The van der Waals surface area contributed by atoms with Crippen LogP contribution in [-0.4, -0.2) is 33.2 Å². The molecule has 6 heteroatoms. The molecule has 0 bridgehead atoms. The zero-order valence-corrected chi connectivity index (χ0v) is 15.2. The van der Waals surface area contributed by atoms with E-state index >= 15 is 0 Å². The van der Waals surface area contributed by atoms with E-state index in [9.17, 15) is 4.79 Å². The third kappa shape index (κ3) is 6.29. The first kappa shape index (κ1) is 19.1. The molecule has 2 aromatic rings. The third-order valence-corrected chi connectivity index (χ3v) is 3.95. The number of amides is 1. The Hall–Kier alpha value is -2.24. The largest absolute Gasteiger partial charge is 0.493 e. The molecule has 0 aliphatic rings. The van der Waals surface area contributed by atoms with Gasteiger partial charge in [0.15, 0.2) is 11.5 Å². The summed E-state index contributed by atoms with van der Waals surface area (Å²) in [6, 6.07) is 13.1. The summed E-state index contributed by atoms with van der Waals surface area (Å²) in [5.41, 5.74) is 1.90. The second-order valence-corrected chi connectivity index (χ2v) is 5.93. The van der Waals surface area contributed by atoms with Crippen LogP contribution in [0.25, 0.3) is 0 Å². The number of ether oxygens (including phenoxy) is 2. The molecule has 1 amide bonds. The van der Waals surface area contributed by atoms with Crippen molar-refractivity contribution < 1.29 is 14.3 Å². The Morgan fingerprint density at radius 3 is 2.40 bits per heavy atom. The van der Waals surface area contributed by atoms with Crippen molar-refractivity contribution in [2.24, 2.45) is 0 Å². The maximum absolute atomic E-state index is 12.0. The number of carbonyl (C=O) groups excluding carboxylic acids is 1. The lowest BCUT2D eigenvalue weighted by molar-refractivity contribution is -0.116. The number of benzene rings is 2. The number of anilines is 1. The van der Waals surface area contributed by atoms with Gasteiger partial charge in [0.2, 0.25) is 5.91 Å². The number of methoxy groups -OCH3 is 2. The second kappa shape index (κ2) is 9.91. The number of hydrogen-bond donors (Lipinski definition) is 2. The monoisotopic (exact) mass is 362 g/mol. The third-order valence-electron chi connectivity index (χ3n) is 3.70. The fraction of sp³-hybridized carbons (Fsp3) is 0.316. The minimum Gasteiger partial charge on any atom is -0.493 e. The molecule has 0 aromatic heterocycles. The van der Waals surface area contributed by atoms with Gasteiger partial charge in [-0.25, -0.2) is 0 Å². The summed E-state index contributed by atoms with van der Waals surface area (Å²) in [5.74, 6) is 1.16. The van der Waals surface area contributed by atoms with Crippen molar-refractivity contribution in [3.8, 4) is 11.5 Å². The quantitative estimate of drug-likeness (QED) is 0.670. The van der Waals surface area contributed by atoms with Gasteiger partial charge in [0.05, 0.1) is 14.2 Å².